The van der Waals surface area contributed by atoms with Gasteiger partial charge >= 0.3 is 0 Å². The summed E-state index contributed by atoms with van der Waals surface area (Å²) in [5.74, 6) is 0.755. The van der Waals surface area contributed by atoms with Gasteiger partial charge < -0.3 is 5.32 Å². The minimum Gasteiger partial charge on any atom is -0.316 e. The molecule has 78 valence electrons. The first-order valence-electron chi connectivity index (χ1n) is 5.81. The summed E-state index contributed by atoms with van der Waals surface area (Å²) in [5.41, 5.74) is 2.00. The molecule has 2 unspecified atom stereocenters. The van der Waals surface area contributed by atoms with Crippen molar-refractivity contribution in [3.8, 4) is 0 Å². The fraction of sp³-hybridized carbons (Fsp3) is 0.692. The van der Waals surface area contributed by atoms with Gasteiger partial charge in [0, 0.05) is 0 Å². The molecule has 0 saturated carbocycles. The molecule has 2 rings (SSSR count). The van der Waals surface area contributed by atoms with Crippen LogP contribution in [0.1, 0.15) is 33.1 Å². The Bertz CT molecular complexity index is 264. The number of rotatable bonds is 1. The summed E-state index contributed by atoms with van der Waals surface area (Å²) < 4.78 is 0. The Labute approximate surface area is 87.3 Å². The van der Waals surface area contributed by atoms with Crippen molar-refractivity contribution < 1.29 is 0 Å². The van der Waals surface area contributed by atoms with Gasteiger partial charge in [-0.3, -0.25) is 0 Å². The highest BCUT2D eigenvalue weighted by atomic mass is 14.9. The lowest BCUT2D eigenvalue weighted by molar-refractivity contribution is 0.194. The predicted octanol–water partition coefficient (Wildman–Crippen LogP) is 2.90. The molecule has 14 heavy (non-hydrogen) atoms. The fourth-order valence-corrected chi connectivity index (χ4v) is 2.60. The summed E-state index contributed by atoms with van der Waals surface area (Å²) in [7, 11) is 0. The van der Waals surface area contributed by atoms with Gasteiger partial charge in [-0.2, -0.15) is 0 Å². The van der Waals surface area contributed by atoms with Crippen LogP contribution in [0.15, 0.2) is 23.8 Å². The van der Waals surface area contributed by atoms with Crippen LogP contribution in [0.5, 0.6) is 0 Å². The van der Waals surface area contributed by atoms with Crippen LogP contribution in [0.4, 0.5) is 0 Å². The van der Waals surface area contributed by atoms with Gasteiger partial charge in [0.25, 0.3) is 0 Å². The van der Waals surface area contributed by atoms with Crippen molar-refractivity contribution in [2.75, 3.05) is 13.1 Å². The number of allylic oxidation sites excluding steroid dienone is 4. The first-order valence-corrected chi connectivity index (χ1v) is 5.81. The molecule has 1 fully saturated rings. The Kier molecular flexibility index (Phi) is 2.78. The smallest absolute Gasteiger partial charge is 0.00147 e. The minimum atomic E-state index is 0.419. The highest BCUT2D eigenvalue weighted by Crippen LogP contribution is 2.42. The van der Waals surface area contributed by atoms with E-state index in [0.717, 1.165) is 5.92 Å². The Balaban J connectivity index is 2.20. The highest BCUT2D eigenvalue weighted by Gasteiger charge is 2.35. The molecular formula is C13H21N. The SMILES string of the molecule is CC1CNCCC1(C)C1=CCCC=C1. The van der Waals surface area contributed by atoms with E-state index in [1.54, 1.807) is 5.57 Å². The number of hydrogen-bond donors (Lipinski definition) is 1. The fourth-order valence-electron chi connectivity index (χ4n) is 2.60. The van der Waals surface area contributed by atoms with E-state index >= 15 is 0 Å². The molecule has 1 heterocycles. The highest BCUT2D eigenvalue weighted by molar-refractivity contribution is 5.30. The van der Waals surface area contributed by atoms with Crippen molar-refractivity contribution in [1.29, 1.82) is 0 Å². The van der Waals surface area contributed by atoms with Gasteiger partial charge in [0.2, 0.25) is 0 Å². The quantitative estimate of drug-likeness (QED) is 0.672. The largest absolute Gasteiger partial charge is 0.316 e. The van der Waals surface area contributed by atoms with E-state index in [1.165, 1.54) is 32.4 Å². The third kappa shape index (κ3) is 1.66. The molecule has 1 heteroatoms. The first kappa shape index (κ1) is 9.97. The Hall–Kier alpha value is -0.560. The maximum absolute atomic E-state index is 3.48. The van der Waals surface area contributed by atoms with Crippen LogP contribution in [0.3, 0.4) is 0 Å². The van der Waals surface area contributed by atoms with Crippen molar-refractivity contribution in [2.24, 2.45) is 11.3 Å². The van der Waals surface area contributed by atoms with Crippen molar-refractivity contribution >= 4 is 0 Å². The molecular weight excluding hydrogens is 170 g/mol. The molecule has 0 aromatic carbocycles. The lowest BCUT2D eigenvalue weighted by atomic mass is 9.67. The summed E-state index contributed by atoms with van der Waals surface area (Å²) in [6.45, 7) is 7.14. The lowest BCUT2D eigenvalue weighted by Crippen LogP contribution is -2.43. The van der Waals surface area contributed by atoms with E-state index in [9.17, 15) is 0 Å². The number of piperidine rings is 1. The Morgan fingerprint density at radius 3 is 2.93 bits per heavy atom. The summed E-state index contributed by atoms with van der Waals surface area (Å²) >= 11 is 0. The van der Waals surface area contributed by atoms with E-state index in [1.807, 2.05) is 0 Å². The second-order valence-electron chi connectivity index (χ2n) is 4.91. The predicted molar refractivity (Wildman–Crippen MR) is 61.2 cm³/mol. The number of nitrogens with one attached hydrogen (secondary N) is 1. The monoisotopic (exact) mass is 191 g/mol. The topological polar surface area (TPSA) is 12.0 Å². The molecule has 0 aromatic rings. The minimum absolute atomic E-state index is 0.419. The maximum atomic E-state index is 3.48. The zero-order valence-corrected chi connectivity index (χ0v) is 9.34. The van der Waals surface area contributed by atoms with Gasteiger partial charge in [-0.25, -0.2) is 0 Å². The molecule has 1 aliphatic heterocycles. The van der Waals surface area contributed by atoms with Crippen LogP contribution in [0, 0.1) is 11.3 Å². The van der Waals surface area contributed by atoms with Gasteiger partial charge in [0.1, 0.15) is 0 Å². The average Bonchev–Trinajstić information content (AvgIpc) is 2.24. The van der Waals surface area contributed by atoms with E-state index in [4.69, 9.17) is 0 Å². The van der Waals surface area contributed by atoms with Crippen molar-refractivity contribution in [3.05, 3.63) is 23.8 Å². The molecule has 1 N–H and O–H groups in total. The van der Waals surface area contributed by atoms with Crippen LogP contribution < -0.4 is 5.32 Å². The molecule has 1 saturated heterocycles. The van der Waals surface area contributed by atoms with Gasteiger partial charge in [-0.05, 0) is 49.3 Å². The summed E-state index contributed by atoms with van der Waals surface area (Å²) in [6.07, 6.45) is 10.9. The Morgan fingerprint density at radius 2 is 2.29 bits per heavy atom. The second kappa shape index (κ2) is 3.90. The standard InChI is InChI=1S/C13H21N/c1-11-10-14-9-8-13(11,2)12-6-4-3-5-7-12/h4,6-7,11,14H,3,5,8-10H2,1-2H3. The van der Waals surface area contributed by atoms with Gasteiger partial charge in [0.05, 0.1) is 0 Å². The van der Waals surface area contributed by atoms with Crippen LogP contribution in [-0.4, -0.2) is 13.1 Å². The lowest BCUT2D eigenvalue weighted by Gasteiger charge is -2.42. The summed E-state index contributed by atoms with van der Waals surface area (Å²) in [5, 5.41) is 3.48. The van der Waals surface area contributed by atoms with Gasteiger partial charge in [-0.15, -0.1) is 0 Å². The first-order chi connectivity index (χ1) is 6.73. The molecule has 0 spiro atoms. The van der Waals surface area contributed by atoms with Crippen LogP contribution in [0.2, 0.25) is 0 Å². The molecule has 1 nitrogen and oxygen atoms in total. The summed E-state index contributed by atoms with van der Waals surface area (Å²) in [4.78, 5) is 0. The van der Waals surface area contributed by atoms with E-state index in [0.29, 0.717) is 5.41 Å². The third-order valence-electron chi connectivity index (χ3n) is 4.01. The Morgan fingerprint density at radius 1 is 1.43 bits per heavy atom. The third-order valence-corrected chi connectivity index (χ3v) is 4.01. The van der Waals surface area contributed by atoms with E-state index in [-0.39, 0.29) is 0 Å². The van der Waals surface area contributed by atoms with Crippen LogP contribution in [0.25, 0.3) is 0 Å². The molecule has 0 bridgehead atoms. The van der Waals surface area contributed by atoms with E-state index < -0.39 is 0 Å². The zero-order chi connectivity index (χ0) is 10.0. The molecule has 0 radical (unpaired) electrons. The molecule has 2 atom stereocenters. The number of hydrogen-bond acceptors (Lipinski definition) is 1. The van der Waals surface area contributed by atoms with Gasteiger partial charge in [-0.1, -0.05) is 32.1 Å². The average molecular weight is 191 g/mol. The summed E-state index contributed by atoms with van der Waals surface area (Å²) in [6, 6.07) is 0. The molecule has 0 amide bonds. The molecule has 2 aliphatic rings. The zero-order valence-electron chi connectivity index (χ0n) is 9.34. The van der Waals surface area contributed by atoms with Crippen molar-refractivity contribution in [3.63, 3.8) is 0 Å². The van der Waals surface area contributed by atoms with Crippen molar-refractivity contribution in [1.82, 2.24) is 5.32 Å². The normalized spacial score (nSPS) is 38.1. The molecule has 0 aromatic heterocycles. The maximum Gasteiger partial charge on any atom is -0.00147 e. The van der Waals surface area contributed by atoms with Crippen LogP contribution in [-0.2, 0) is 0 Å². The van der Waals surface area contributed by atoms with Gasteiger partial charge in [0.15, 0.2) is 0 Å². The second-order valence-corrected chi connectivity index (χ2v) is 4.91. The van der Waals surface area contributed by atoms with Crippen molar-refractivity contribution in [2.45, 2.75) is 33.1 Å². The molecule has 1 aliphatic carbocycles. The van der Waals surface area contributed by atoms with E-state index in [2.05, 4.69) is 37.4 Å². The van der Waals surface area contributed by atoms with Crippen LogP contribution >= 0.6 is 0 Å².